The van der Waals surface area contributed by atoms with E-state index in [-0.39, 0.29) is 22.4 Å². The maximum atomic E-state index is 13.2. The molecule has 0 fully saturated rings. The van der Waals surface area contributed by atoms with Crippen LogP contribution >= 0.6 is 11.6 Å². The summed E-state index contributed by atoms with van der Waals surface area (Å²) in [5, 5.41) is 3.07. The fourth-order valence-electron chi connectivity index (χ4n) is 2.48. The molecule has 0 aliphatic rings. The van der Waals surface area contributed by atoms with Crippen LogP contribution in [0, 0.1) is 5.82 Å². The van der Waals surface area contributed by atoms with Gasteiger partial charge in [0.15, 0.2) is 0 Å². The van der Waals surface area contributed by atoms with E-state index in [9.17, 15) is 17.6 Å². The van der Waals surface area contributed by atoms with Crippen LogP contribution in [0.3, 0.4) is 0 Å². The summed E-state index contributed by atoms with van der Waals surface area (Å²) < 4.78 is 36.8. The van der Waals surface area contributed by atoms with Crippen molar-refractivity contribution >= 4 is 27.5 Å². The van der Waals surface area contributed by atoms with Crippen LogP contribution in [0.5, 0.6) is 0 Å². The lowest BCUT2D eigenvalue weighted by molar-refractivity contribution is 0.0945. The van der Waals surface area contributed by atoms with Crippen molar-refractivity contribution in [2.75, 3.05) is 13.7 Å². The van der Waals surface area contributed by atoms with Crippen LogP contribution in [0.15, 0.2) is 47.4 Å². The lowest BCUT2D eigenvalue weighted by Crippen LogP contribution is -2.37. The van der Waals surface area contributed by atoms with Gasteiger partial charge in [0.1, 0.15) is 5.82 Å². The van der Waals surface area contributed by atoms with Crippen molar-refractivity contribution in [1.82, 2.24) is 10.2 Å². The highest BCUT2D eigenvalue weighted by atomic mass is 35.5. The van der Waals surface area contributed by atoms with E-state index in [2.05, 4.69) is 10.2 Å². The van der Waals surface area contributed by atoms with E-state index < -0.39 is 21.3 Å². The van der Waals surface area contributed by atoms with Crippen LogP contribution in [0.25, 0.3) is 0 Å². The number of benzene rings is 2. The minimum absolute atomic E-state index is 0.0284. The standard InChI is InChI=1S/C18H20ClFN2O4S/c1-18(2,15-9-6-13(20)10-16(15)19)11-21-17(23)12-4-7-14(8-5-12)27(24,25)22-26-3/h4-10,22H,11H2,1-3H3,(H,21,23). The van der Waals surface area contributed by atoms with Crippen molar-refractivity contribution in [2.45, 2.75) is 24.2 Å². The van der Waals surface area contributed by atoms with Crippen LogP contribution in [0.1, 0.15) is 29.8 Å². The molecule has 9 heteroatoms. The van der Waals surface area contributed by atoms with Crippen LogP contribution in [0.2, 0.25) is 5.02 Å². The number of hydrogen-bond acceptors (Lipinski definition) is 4. The number of nitrogens with one attached hydrogen (secondary N) is 2. The van der Waals surface area contributed by atoms with Gasteiger partial charge in [0, 0.05) is 22.5 Å². The average Bonchev–Trinajstić information content (AvgIpc) is 2.59. The van der Waals surface area contributed by atoms with Gasteiger partial charge in [-0.25, -0.2) is 12.8 Å². The minimum Gasteiger partial charge on any atom is -0.351 e. The molecular formula is C18H20ClFN2O4S. The summed E-state index contributed by atoms with van der Waals surface area (Å²) in [4.78, 5) is 18.6. The Kier molecular flexibility index (Phi) is 6.59. The zero-order valence-electron chi connectivity index (χ0n) is 15.0. The number of carbonyl (C=O) groups excluding carboxylic acids is 1. The van der Waals surface area contributed by atoms with Crippen molar-refractivity contribution in [1.29, 1.82) is 0 Å². The zero-order valence-corrected chi connectivity index (χ0v) is 16.6. The molecule has 0 aliphatic heterocycles. The van der Waals surface area contributed by atoms with Crippen molar-refractivity contribution < 1.29 is 22.4 Å². The average molecular weight is 415 g/mol. The van der Waals surface area contributed by atoms with E-state index in [0.29, 0.717) is 11.1 Å². The van der Waals surface area contributed by atoms with Crippen LogP contribution in [-0.2, 0) is 20.3 Å². The number of hydrogen-bond donors (Lipinski definition) is 2. The topological polar surface area (TPSA) is 84.5 Å². The third-order valence-corrected chi connectivity index (χ3v) is 5.56. The Morgan fingerprint density at radius 1 is 1.19 bits per heavy atom. The Morgan fingerprint density at radius 2 is 1.81 bits per heavy atom. The second-order valence-corrected chi connectivity index (χ2v) is 8.56. The van der Waals surface area contributed by atoms with Gasteiger partial charge in [-0.2, -0.15) is 0 Å². The molecule has 0 saturated heterocycles. The number of sulfonamides is 1. The molecule has 0 radical (unpaired) electrons. The first-order valence-corrected chi connectivity index (χ1v) is 9.81. The minimum atomic E-state index is -3.78. The van der Waals surface area contributed by atoms with Gasteiger partial charge in [-0.1, -0.05) is 36.4 Å². The van der Waals surface area contributed by atoms with Gasteiger partial charge >= 0.3 is 0 Å². The summed E-state index contributed by atoms with van der Waals surface area (Å²) in [7, 11) is -2.59. The van der Waals surface area contributed by atoms with E-state index in [0.717, 1.165) is 0 Å². The van der Waals surface area contributed by atoms with E-state index in [1.807, 2.05) is 18.7 Å². The largest absolute Gasteiger partial charge is 0.351 e. The molecule has 2 aromatic rings. The summed E-state index contributed by atoms with van der Waals surface area (Å²) in [6, 6.07) is 9.54. The monoisotopic (exact) mass is 414 g/mol. The summed E-state index contributed by atoms with van der Waals surface area (Å²) in [6.45, 7) is 4.00. The molecule has 0 bridgehead atoms. The normalized spacial score (nSPS) is 12.0. The first kappa shape index (κ1) is 21.3. The fourth-order valence-corrected chi connectivity index (χ4v) is 3.71. The van der Waals surface area contributed by atoms with Gasteiger partial charge in [-0.3, -0.25) is 9.63 Å². The molecule has 27 heavy (non-hydrogen) atoms. The number of rotatable bonds is 7. The Bertz CT molecular complexity index is 931. The quantitative estimate of drug-likeness (QED) is 0.682. The first-order valence-electron chi connectivity index (χ1n) is 7.95. The maximum absolute atomic E-state index is 13.2. The zero-order chi connectivity index (χ0) is 20.2. The number of carbonyl (C=O) groups is 1. The highest BCUT2D eigenvalue weighted by Crippen LogP contribution is 2.30. The molecule has 6 nitrogen and oxygen atoms in total. The molecule has 0 atom stereocenters. The van der Waals surface area contributed by atoms with E-state index >= 15 is 0 Å². The second kappa shape index (κ2) is 8.35. The summed E-state index contributed by atoms with van der Waals surface area (Å²) in [5.74, 6) is -0.799. The molecule has 2 rings (SSSR count). The molecule has 0 aromatic heterocycles. The van der Waals surface area contributed by atoms with Gasteiger partial charge < -0.3 is 5.32 Å². The Morgan fingerprint density at radius 3 is 2.37 bits per heavy atom. The van der Waals surface area contributed by atoms with Crippen molar-refractivity contribution in [3.05, 3.63) is 64.4 Å². The molecular weight excluding hydrogens is 395 g/mol. The molecule has 1 amide bonds. The Balaban J connectivity index is 2.09. The van der Waals surface area contributed by atoms with E-state index in [1.165, 1.54) is 43.5 Å². The molecule has 0 saturated carbocycles. The highest BCUT2D eigenvalue weighted by molar-refractivity contribution is 7.89. The molecule has 2 N–H and O–H groups in total. The smallest absolute Gasteiger partial charge is 0.262 e. The lowest BCUT2D eigenvalue weighted by Gasteiger charge is -2.26. The number of amides is 1. The van der Waals surface area contributed by atoms with Crippen molar-refractivity contribution in [3.63, 3.8) is 0 Å². The fraction of sp³-hybridized carbons (Fsp3) is 0.278. The third-order valence-electron chi connectivity index (χ3n) is 3.97. The van der Waals surface area contributed by atoms with Gasteiger partial charge in [-0.15, -0.1) is 0 Å². The molecule has 0 spiro atoms. The molecule has 0 heterocycles. The maximum Gasteiger partial charge on any atom is 0.262 e. The van der Waals surface area contributed by atoms with Gasteiger partial charge in [0.05, 0.1) is 12.0 Å². The van der Waals surface area contributed by atoms with Gasteiger partial charge in [0.2, 0.25) is 0 Å². The molecule has 0 unspecified atom stereocenters. The molecule has 0 aliphatic carbocycles. The van der Waals surface area contributed by atoms with Crippen LogP contribution in [0.4, 0.5) is 4.39 Å². The molecule has 146 valence electrons. The third kappa shape index (κ3) is 5.26. The van der Waals surface area contributed by atoms with Crippen LogP contribution < -0.4 is 10.2 Å². The highest BCUT2D eigenvalue weighted by Gasteiger charge is 2.24. The van der Waals surface area contributed by atoms with E-state index in [1.54, 1.807) is 6.07 Å². The van der Waals surface area contributed by atoms with Gasteiger partial charge in [-0.05, 0) is 42.0 Å². The summed E-state index contributed by atoms with van der Waals surface area (Å²) in [6.07, 6.45) is 0. The van der Waals surface area contributed by atoms with E-state index in [4.69, 9.17) is 11.6 Å². The Hall–Kier alpha value is -2.00. The SMILES string of the molecule is CONS(=O)(=O)c1ccc(C(=O)NCC(C)(C)c2ccc(F)cc2Cl)cc1. The van der Waals surface area contributed by atoms with Crippen LogP contribution in [-0.4, -0.2) is 28.0 Å². The summed E-state index contributed by atoms with van der Waals surface area (Å²) >= 11 is 6.11. The molecule has 2 aromatic carbocycles. The predicted octanol–water partition coefficient (Wildman–Crippen LogP) is 3.03. The predicted molar refractivity (Wildman–Crippen MR) is 101 cm³/mol. The first-order chi connectivity index (χ1) is 12.6. The number of halogens is 2. The van der Waals surface area contributed by atoms with Crippen molar-refractivity contribution in [2.24, 2.45) is 0 Å². The van der Waals surface area contributed by atoms with Crippen molar-refractivity contribution in [3.8, 4) is 0 Å². The Labute approximate surface area is 162 Å². The summed E-state index contributed by atoms with van der Waals surface area (Å²) in [5.41, 5.74) is 0.469. The lowest BCUT2D eigenvalue weighted by atomic mass is 9.84. The van der Waals surface area contributed by atoms with Gasteiger partial charge in [0.25, 0.3) is 15.9 Å². The second-order valence-electron chi connectivity index (χ2n) is 6.51.